The van der Waals surface area contributed by atoms with Gasteiger partial charge in [0, 0.05) is 0 Å². The molecule has 0 radical (unpaired) electrons. The van der Waals surface area contributed by atoms with Gasteiger partial charge in [-0.3, -0.25) is 0 Å². The van der Waals surface area contributed by atoms with E-state index in [0.29, 0.717) is 11.8 Å². The SMILES string of the molecule is CC(C)C(O[SiH3])(c1ccccc1)C(C)C. The van der Waals surface area contributed by atoms with Crippen molar-refractivity contribution in [3.8, 4) is 0 Å². The van der Waals surface area contributed by atoms with Gasteiger partial charge in [0.2, 0.25) is 0 Å². The van der Waals surface area contributed by atoms with Gasteiger partial charge in [0.1, 0.15) is 10.5 Å². The van der Waals surface area contributed by atoms with Gasteiger partial charge < -0.3 is 4.43 Å². The summed E-state index contributed by atoms with van der Waals surface area (Å²) in [6, 6.07) is 10.6. The number of hydrogen-bond acceptors (Lipinski definition) is 1. The molecule has 1 aromatic rings. The zero-order valence-electron chi connectivity index (χ0n) is 10.4. The lowest BCUT2D eigenvalue weighted by Gasteiger charge is -2.41. The molecule has 0 unspecified atom stereocenters. The molecule has 0 amide bonds. The molecule has 1 rings (SSSR count). The van der Waals surface area contributed by atoms with Crippen LogP contribution < -0.4 is 0 Å². The Balaban J connectivity index is 3.22. The minimum Gasteiger partial charge on any atom is -0.418 e. The Morgan fingerprint density at radius 1 is 1.00 bits per heavy atom. The van der Waals surface area contributed by atoms with Gasteiger partial charge in [-0.05, 0) is 17.4 Å². The van der Waals surface area contributed by atoms with Crippen LogP contribution in [0, 0.1) is 11.8 Å². The van der Waals surface area contributed by atoms with E-state index in [1.165, 1.54) is 5.56 Å². The lowest BCUT2D eigenvalue weighted by Crippen LogP contribution is -2.40. The summed E-state index contributed by atoms with van der Waals surface area (Å²) in [6.45, 7) is 8.96. The lowest BCUT2D eigenvalue weighted by atomic mass is 9.75. The van der Waals surface area contributed by atoms with E-state index in [-0.39, 0.29) is 5.60 Å². The predicted molar refractivity (Wildman–Crippen MR) is 68.8 cm³/mol. The maximum absolute atomic E-state index is 5.99. The fraction of sp³-hybridized carbons (Fsp3) is 0.538. The van der Waals surface area contributed by atoms with Crippen LogP contribution in [0.2, 0.25) is 0 Å². The number of benzene rings is 1. The first-order chi connectivity index (χ1) is 7.05. The highest BCUT2D eigenvalue weighted by atomic mass is 28.2. The van der Waals surface area contributed by atoms with Gasteiger partial charge >= 0.3 is 0 Å². The van der Waals surface area contributed by atoms with Crippen molar-refractivity contribution in [1.82, 2.24) is 0 Å². The van der Waals surface area contributed by atoms with Crippen LogP contribution in [-0.4, -0.2) is 10.5 Å². The molecule has 0 saturated carbocycles. The molecule has 0 heterocycles. The van der Waals surface area contributed by atoms with Crippen LogP contribution >= 0.6 is 0 Å². The Labute approximate surface area is 96.4 Å². The van der Waals surface area contributed by atoms with E-state index < -0.39 is 0 Å². The maximum atomic E-state index is 5.99. The standard InChI is InChI=1S/C13H22OSi/c1-10(2)13(14-15,11(3)4)12-8-6-5-7-9-12/h5-11H,1-4,15H3. The Morgan fingerprint density at radius 2 is 1.47 bits per heavy atom. The molecular formula is C13H22OSi. The average Bonchev–Trinajstić information content (AvgIpc) is 2.20. The van der Waals surface area contributed by atoms with Crippen LogP contribution in [0.4, 0.5) is 0 Å². The fourth-order valence-electron chi connectivity index (χ4n) is 2.62. The molecule has 0 aromatic heterocycles. The third kappa shape index (κ3) is 2.16. The number of rotatable bonds is 4. The summed E-state index contributed by atoms with van der Waals surface area (Å²) in [5.41, 5.74) is 1.21. The van der Waals surface area contributed by atoms with Gasteiger partial charge in [-0.1, -0.05) is 58.0 Å². The van der Waals surface area contributed by atoms with Crippen LogP contribution in [0.25, 0.3) is 0 Å². The first kappa shape index (κ1) is 12.5. The molecule has 0 atom stereocenters. The second-order valence-electron chi connectivity index (χ2n) is 4.67. The van der Waals surface area contributed by atoms with Crippen molar-refractivity contribution in [2.24, 2.45) is 11.8 Å². The second kappa shape index (κ2) is 4.95. The van der Waals surface area contributed by atoms with Crippen molar-refractivity contribution in [3.05, 3.63) is 35.9 Å². The summed E-state index contributed by atoms with van der Waals surface area (Å²) in [4.78, 5) is 0. The van der Waals surface area contributed by atoms with Crippen molar-refractivity contribution in [3.63, 3.8) is 0 Å². The third-order valence-electron chi connectivity index (χ3n) is 3.28. The van der Waals surface area contributed by atoms with Crippen LogP contribution in [0.5, 0.6) is 0 Å². The van der Waals surface area contributed by atoms with E-state index in [2.05, 4.69) is 58.0 Å². The van der Waals surface area contributed by atoms with Gasteiger partial charge in [0.05, 0.1) is 5.60 Å². The van der Waals surface area contributed by atoms with E-state index in [4.69, 9.17) is 4.43 Å². The van der Waals surface area contributed by atoms with Crippen molar-refractivity contribution in [2.45, 2.75) is 33.3 Å². The average molecular weight is 222 g/mol. The summed E-state index contributed by atoms with van der Waals surface area (Å²) < 4.78 is 5.99. The molecule has 0 fully saturated rings. The molecule has 0 spiro atoms. The summed E-state index contributed by atoms with van der Waals surface area (Å²) in [7, 11) is 0.777. The monoisotopic (exact) mass is 222 g/mol. The molecule has 0 saturated heterocycles. The molecule has 1 nitrogen and oxygen atoms in total. The van der Waals surface area contributed by atoms with Crippen LogP contribution in [0.3, 0.4) is 0 Å². The van der Waals surface area contributed by atoms with E-state index in [0.717, 1.165) is 10.5 Å². The van der Waals surface area contributed by atoms with Gasteiger partial charge in [0.15, 0.2) is 0 Å². The first-order valence-corrected chi connectivity index (χ1v) is 6.48. The van der Waals surface area contributed by atoms with Gasteiger partial charge in [-0.15, -0.1) is 0 Å². The largest absolute Gasteiger partial charge is 0.418 e. The zero-order valence-corrected chi connectivity index (χ0v) is 12.4. The summed E-state index contributed by atoms with van der Waals surface area (Å²) in [5.74, 6) is 0.995. The molecule has 1 aromatic carbocycles. The maximum Gasteiger partial charge on any atom is 0.147 e. The highest BCUT2D eigenvalue weighted by molar-refractivity contribution is 5.98. The minimum absolute atomic E-state index is 0.104. The normalized spacial score (nSPS) is 12.7. The van der Waals surface area contributed by atoms with Crippen molar-refractivity contribution >= 4 is 10.5 Å². The van der Waals surface area contributed by atoms with Crippen LogP contribution in [0.15, 0.2) is 30.3 Å². The van der Waals surface area contributed by atoms with Crippen LogP contribution in [-0.2, 0) is 10.0 Å². The molecule has 0 N–H and O–H groups in total. The highest BCUT2D eigenvalue weighted by Crippen LogP contribution is 2.39. The Bertz CT molecular complexity index is 285. The Morgan fingerprint density at radius 3 is 1.80 bits per heavy atom. The van der Waals surface area contributed by atoms with Crippen molar-refractivity contribution < 1.29 is 4.43 Å². The molecule has 0 bridgehead atoms. The summed E-state index contributed by atoms with van der Waals surface area (Å²) >= 11 is 0. The van der Waals surface area contributed by atoms with Crippen molar-refractivity contribution in [2.75, 3.05) is 0 Å². The quantitative estimate of drug-likeness (QED) is 0.711. The molecule has 0 aliphatic rings. The lowest BCUT2D eigenvalue weighted by molar-refractivity contribution is -0.0200. The minimum atomic E-state index is -0.104. The van der Waals surface area contributed by atoms with E-state index in [1.54, 1.807) is 0 Å². The van der Waals surface area contributed by atoms with E-state index in [1.807, 2.05) is 0 Å². The number of hydrogen-bond donors (Lipinski definition) is 0. The van der Waals surface area contributed by atoms with E-state index in [9.17, 15) is 0 Å². The molecule has 0 aliphatic carbocycles. The topological polar surface area (TPSA) is 9.23 Å². The zero-order chi connectivity index (χ0) is 11.5. The highest BCUT2D eigenvalue weighted by Gasteiger charge is 2.38. The second-order valence-corrected chi connectivity index (χ2v) is 5.08. The summed E-state index contributed by atoms with van der Waals surface area (Å²) in [6.07, 6.45) is 0. The smallest absolute Gasteiger partial charge is 0.147 e. The van der Waals surface area contributed by atoms with Crippen LogP contribution in [0.1, 0.15) is 33.3 Å². The van der Waals surface area contributed by atoms with Gasteiger partial charge in [-0.25, -0.2) is 0 Å². The molecule has 2 heteroatoms. The molecule has 84 valence electrons. The Hall–Kier alpha value is -0.603. The Kier molecular flexibility index (Phi) is 4.11. The summed E-state index contributed by atoms with van der Waals surface area (Å²) in [5, 5.41) is 0. The molecular weight excluding hydrogens is 200 g/mol. The van der Waals surface area contributed by atoms with Crippen molar-refractivity contribution in [1.29, 1.82) is 0 Å². The third-order valence-corrected chi connectivity index (χ3v) is 3.95. The molecule has 15 heavy (non-hydrogen) atoms. The first-order valence-electron chi connectivity index (χ1n) is 5.66. The predicted octanol–water partition coefficient (Wildman–Crippen LogP) is 2.49. The fourth-order valence-corrected chi connectivity index (χ4v) is 3.80. The molecule has 0 aliphatic heterocycles. The van der Waals surface area contributed by atoms with Gasteiger partial charge in [0.25, 0.3) is 0 Å². The van der Waals surface area contributed by atoms with Gasteiger partial charge in [-0.2, -0.15) is 0 Å². The van der Waals surface area contributed by atoms with E-state index >= 15 is 0 Å².